The Morgan fingerprint density at radius 3 is 3.26 bits per heavy atom. The Hall–Kier alpha value is -0.910. The van der Waals surface area contributed by atoms with Crippen LogP contribution in [-0.2, 0) is 17.7 Å². The third kappa shape index (κ3) is 4.60. The Morgan fingerprint density at radius 2 is 2.47 bits per heavy atom. The number of hydrogen-bond donors (Lipinski definition) is 2. The highest BCUT2D eigenvalue weighted by Gasteiger charge is 2.20. The van der Waals surface area contributed by atoms with Gasteiger partial charge in [-0.2, -0.15) is 0 Å². The fourth-order valence-electron chi connectivity index (χ4n) is 2.48. The Labute approximate surface area is 115 Å². The summed E-state index contributed by atoms with van der Waals surface area (Å²) < 4.78 is 5.70. The molecule has 1 atom stereocenters. The summed E-state index contributed by atoms with van der Waals surface area (Å²) in [5.74, 6) is 1.11. The molecule has 0 aliphatic carbocycles. The molecule has 1 fully saturated rings. The zero-order valence-electron chi connectivity index (χ0n) is 11.9. The molecule has 2 heterocycles. The van der Waals surface area contributed by atoms with Crippen LogP contribution in [0.3, 0.4) is 0 Å². The first-order valence-corrected chi connectivity index (χ1v) is 7.38. The van der Waals surface area contributed by atoms with Crippen molar-refractivity contribution in [2.45, 2.75) is 45.3 Å². The van der Waals surface area contributed by atoms with Crippen LogP contribution in [0.1, 0.15) is 37.7 Å². The first kappa shape index (κ1) is 14.5. The van der Waals surface area contributed by atoms with Gasteiger partial charge in [-0.05, 0) is 19.4 Å². The van der Waals surface area contributed by atoms with E-state index in [9.17, 15) is 0 Å². The number of morpholine rings is 1. The molecule has 5 heteroatoms. The molecule has 0 amide bonds. The molecule has 1 aliphatic rings. The lowest BCUT2D eigenvalue weighted by Gasteiger charge is -2.32. The Bertz CT molecular complexity index is 364. The fourth-order valence-corrected chi connectivity index (χ4v) is 2.48. The zero-order chi connectivity index (χ0) is 13.5. The molecule has 0 saturated carbocycles. The molecular formula is C14H26N4O. The van der Waals surface area contributed by atoms with Crippen molar-refractivity contribution < 1.29 is 4.74 Å². The van der Waals surface area contributed by atoms with Crippen molar-refractivity contribution >= 4 is 0 Å². The van der Waals surface area contributed by atoms with Crippen LogP contribution in [0.15, 0.2) is 6.20 Å². The number of H-pyrrole nitrogens is 1. The molecule has 0 radical (unpaired) electrons. The summed E-state index contributed by atoms with van der Waals surface area (Å²) in [6.45, 7) is 6.61. The summed E-state index contributed by atoms with van der Waals surface area (Å²) in [6.07, 6.45) is 6.67. The minimum atomic E-state index is 0.293. The normalized spacial score (nSPS) is 20.8. The minimum absolute atomic E-state index is 0.293. The second-order valence-electron chi connectivity index (χ2n) is 5.26. The number of nitrogens with zero attached hydrogens (tertiary/aromatic N) is 2. The number of aryl methyl sites for hydroxylation is 1. The van der Waals surface area contributed by atoms with E-state index in [1.165, 1.54) is 18.5 Å². The van der Waals surface area contributed by atoms with Gasteiger partial charge in [0.2, 0.25) is 0 Å². The van der Waals surface area contributed by atoms with Crippen LogP contribution in [0, 0.1) is 0 Å². The summed E-state index contributed by atoms with van der Waals surface area (Å²) in [7, 11) is 0. The average molecular weight is 266 g/mol. The van der Waals surface area contributed by atoms with E-state index in [0.717, 1.165) is 44.9 Å². The molecule has 2 rings (SSSR count). The maximum Gasteiger partial charge on any atom is 0.106 e. The van der Waals surface area contributed by atoms with Crippen molar-refractivity contribution in [1.29, 1.82) is 0 Å². The van der Waals surface area contributed by atoms with Crippen LogP contribution in [0.5, 0.6) is 0 Å². The van der Waals surface area contributed by atoms with Crippen LogP contribution < -0.4 is 5.73 Å². The Kier molecular flexibility index (Phi) is 5.82. The maximum atomic E-state index is 5.70. The lowest BCUT2D eigenvalue weighted by Crippen LogP contribution is -2.42. The third-order valence-corrected chi connectivity index (χ3v) is 3.55. The maximum absolute atomic E-state index is 5.70. The second-order valence-corrected chi connectivity index (χ2v) is 5.26. The molecule has 3 N–H and O–H groups in total. The Morgan fingerprint density at radius 1 is 1.58 bits per heavy atom. The summed E-state index contributed by atoms with van der Waals surface area (Å²) in [5, 5.41) is 0. The van der Waals surface area contributed by atoms with Crippen molar-refractivity contribution in [1.82, 2.24) is 14.9 Å². The number of nitrogens with one attached hydrogen (secondary N) is 1. The number of nitrogens with two attached hydrogens (primary N) is 1. The lowest BCUT2D eigenvalue weighted by molar-refractivity contribution is -0.0338. The first-order chi connectivity index (χ1) is 9.31. The van der Waals surface area contributed by atoms with Crippen molar-refractivity contribution in [2.24, 2.45) is 5.73 Å². The van der Waals surface area contributed by atoms with Crippen LogP contribution >= 0.6 is 0 Å². The van der Waals surface area contributed by atoms with Gasteiger partial charge in [0.15, 0.2) is 0 Å². The van der Waals surface area contributed by atoms with Gasteiger partial charge in [-0.25, -0.2) is 4.98 Å². The van der Waals surface area contributed by atoms with Gasteiger partial charge in [-0.1, -0.05) is 13.3 Å². The first-order valence-electron chi connectivity index (χ1n) is 7.38. The van der Waals surface area contributed by atoms with Gasteiger partial charge in [0.05, 0.1) is 12.7 Å². The molecular weight excluding hydrogens is 240 g/mol. The largest absolute Gasteiger partial charge is 0.376 e. The van der Waals surface area contributed by atoms with Gasteiger partial charge >= 0.3 is 0 Å². The van der Waals surface area contributed by atoms with E-state index >= 15 is 0 Å². The number of imidazole rings is 1. The van der Waals surface area contributed by atoms with Gasteiger partial charge in [-0.3, -0.25) is 4.90 Å². The number of hydrogen-bond acceptors (Lipinski definition) is 4. The van der Waals surface area contributed by atoms with E-state index in [2.05, 4.69) is 21.8 Å². The molecule has 1 saturated heterocycles. The zero-order valence-corrected chi connectivity index (χ0v) is 11.9. The number of aromatic nitrogens is 2. The highest BCUT2D eigenvalue weighted by atomic mass is 16.5. The standard InChI is InChI=1S/C14H26N4O/c1-2-3-4-14-16-9-12(17-14)10-18-7-8-19-13(11-18)5-6-15/h9,13H,2-8,10-11,15H2,1H3,(H,16,17). The predicted octanol–water partition coefficient (Wildman–Crippen LogP) is 1.30. The number of aromatic amines is 1. The highest BCUT2D eigenvalue weighted by Crippen LogP contribution is 2.11. The molecule has 1 aliphatic heterocycles. The molecule has 108 valence electrons. The van der Waals surface area contributed by atoms with Gasteiger partial charge < -0.3 is 15.5 Å². The third-order valence-electron chi connectivity index (χ3n) is 3.55. The van der Waals surface area contributed by atoms with Crippen LogP contribution in [0.2, 0.25) is 0 Å². The number of unbranched alkanes of at least 4 members (excludes halogenated alkanes) is 1. The summed E-state index contributed by atoms with van der Waals surface area (Å²) in [5.41, 5.74) is 6.80. The van der Waals surface area contributed by atoms with Gasteiger partial charge in [0.25, 0.3) is 0 Å². The highest BCUT2D eigenvalue weighted by molar-refractivity contribution is 5.01. The molecule has 5 nitrogen and oxygen atoms in total. The SMILES string of the molecule is CCCCc1ncc(CN2CCOC(CCN)C2)[nH]1. The van der Waals surface area contributed by atoms with Crippen molar-refractivity contribution in [3.05, 3.63) is 17.7 Å². The summed E-state index contributed by atoms with van der Waals surface area (Å²) in [6, 6.07) is 0. The van der Waals surface area contributed by atoms with E-state index in [4.69, 9.17) is 10.5 Å². The van der Waals surface area contributed by atoms with Crippen LogP contribution in [-0.4, -0.2) is 47.2 Å². The smallest absolute Gasteiger partial charge is 0.106 e. The molecule has 1 unspecified atom stereocenters. The van der Waals surface area contributed by atoms with Gasteiger partial charge in [0, 0.05) is 37.9 Å². The molecule has 19 heavy (non-hydrogen) atoms. The van der Waals surface area contributed by atoms with E-state index in [0.29, 0.717) is 12.6 Å². The molecule has 1 aromatic rings. The van der Waals surface area contributed by atoms with Gasteiger partial charge in [0.1, 0.15) is 5.82 Å². The van der Waals surface area contributed by atoms with Crippen molar-refractivity contribution in [3.63, 3.8) is 0 Å². The summed E-state index contributed by atoms with van der Waals surface area (Å²) in [4.78, 5) is 10.3. The van der Waals surface area contributed by atoms with Crippen molar-refractivity contribution in [2.75, 3.05) is 26.2 Å². The monoisotopic (exact) mass is 266 g/mol. The van der Waals surface area contributed by atoms with Crippen LogP contribution in [0.25, 0.3) is 0 Å². The van der Waals surface area contributed by atoms with E-state index < -0.39 is 0 Å². The van der Waals surface area contributed by atoms with Crippen LogP contribution in [0.4, 0.5) is 0 Å². The average Bonchev–Trinajstić information content (AvgIpc) is 2.85. The fraction of sp³-hybridized carbons (Fsp3) is 0.786. The van der Waals surface area contributed by atoms with Crippen molar-refractivity contribution in [3.8, 4) is 0 Å². The number of ether oxygens (including phenoxy) is 1. The minimum Gasteiger partial charge on any atom is -0.376 e. The molecule has 0 spiro atoms. The van der Waals surface area contributed by atoms with E-state index in [1.54, 1.807) is 0 Å². The van der Waals surface area contributed by atoms with E-state index in [1.807, 2.05) is 6.20 Å². The molecule has 0 aromatic carbocycles. The quantitative estimate of drug-likeness (QED) is 0.780. The molecule has 0 bridgehead atoms. The predicted molar refractivity (Wildman–Crippen MR) is 75.9 cm³/mol. The Balaban J connectivity index is 1.81. The lowest BCUT2D eigenvalue weighted by atomic mass is 10.2. The molecule has 1 aromatic heterocycles. The van der Waals surface area contributed by atoms with Gasteiger partial charge in [-0.15, -0.1) is 0 Å². The second kappa shape index (κ2) is 7.62. The topological polar surface area (TPSA) is 67.2 Å². The number of rotatable bonds is 7. The summed E-state index contributed by atoms with van der Waals surface area (Å²) >= 11 is 0. The van der Waals surface area contributed by atoms with E-state index in [-0.39, 0.29) is 0 Å².